The predicted molar refractivity (Wildman–Crippen MR) is 163 cm³/mol. The molecule has 0 aliphatic rings. The number of carbonyl (C=O) groups is 1. The van der Waals surface area contributed by atoms with Gasteiger partial charge in [0.2, 0.25) is 5.91 Å². The standard InChI is InChI=1S/C28H36IN5O6/c1-34(2)8-4-7-27(36)33-25-18-23-24(30-20-31-28(23)32-22-6-3-5-21(29)17-22)19-26(25)40-16-15-39-14-13-38-12-11-37-10-9-35/h3-7,17-20,35H,8-16H2,1-2H3,(H,33,36)(H,30,31,32)/b7-4+. The van der Waals surface area contributed by atoms with E-state index in [4.69, 9.17) is 24.1 Å². The molecule has 0 radical (unpaired) electrons. The number of aromatic nitrogens is 2. The number of benzene rings is 2. The molecule has 2 aromatic carbocycles. The molecule has 11 nitrogen and oxygen atoms in total. The molecular formula is C28H36IN5O6. The van der Waals surface area contributed by atoms with Crippen molar-refractivity contribution in [2.75, 3.05) is 84.1 Å². The molecule has 1 aromatic heterocycles. The molecule has 0 aliphatic heterocycles. The highest BCUT2D eigenvalue weighted by Gasteiger charge is 2.13. The van der Waals surface area contributed by atoms with Gasteiger partial charge in [0.25, 0.3) is 0 Å². The zero-order chi connectivity index (χ0) is 28.6. The van der Waals surface area contributed by atoms with Gasteiger partial charge in [-0.25, -0.2) is 9.97 Å². The number of likely N-dealkylation sites (N-methyl/N-ethyl adjacent to an activating group) is 1. The molecule has 3 aromatic rings. The second kappa shape index (κ2) is 17.7. The number of rotatable bonds is 18. The van der Waals surface area contributed by atoms with Gasteiger partial charge in [-0.3, -0.25) is 4.79 Å². The highest BCUT2D eigenvalue weighted by atomic mass is 127. The van der Waals surface area contributed by atoms with Crippen LogP contribution in [-0.2, 0) is 19.0 Å². The number of aliphatic hydroxyl groups excluding tert-OH is 1. The number of anilines is 3. The van der Waals surface area contributed by atoms with Crippen LogP contribution in [0.4, 0.5) is 17.2 Å². The molecule has 0 atom stereocenters. The molecule has 0 saturated heterocycles. The fraction of sp³-hybridized carbons (Fsp3) is 0.393. The lowest BCUT2D eigenvalue weighted by Gasteiger charge is -2.15. The Balaban J connectivity index is 1.67. The molecular weight excluding hydrogens is 629 g/mol. The first-order valence-electron chi connectivity index (χ1n) is 12.9. The smallest absolute Gasteiger partial charge is 0.248 e. The van der Waals surface area contributed by atoms with Crippen molar-refractivity contribution in [3.63, 3.8) is 0 Å². The third-order valence-corrected chi connectivity index (χ3v) is 5.96. The van der Waals surface area contributed by atoms with Crippen LogP contribution in [0.1, 0.15) is 0 Å². The Bertz CT molecular complexity index is 1240. The van der Waals surface area contributed by atoms with E-state index in [1.54, 1.807) is 12.1 Å². The highest BCUT2D eigenvalue weighted by Crippen LogP contribution is 2.33. The quantitative estimate of drug-likeness (QED) is 0.106. The van der Waals surface area contributed by atoms with Crippen LogP contribution >= 0.6 is 22.6 Å². The number of fused-ring (bicyclic) bond motifs is 1. The van der Waals surface area contributed by atoms with Crippen molar-refractivity contribution in [3.8, 4) is 5.75 Å². The van der Waals surface area contributed by atoms with E-state index in [1.807, 2.05) is 49.3 Å². The van der Waals surface area contributed by atoms with Gasteiger partial charge in [-0.15, -0.1) is 0 Å². The van der Waals surface area contributed by atoms with Crippen molar-refractivity contribution in [1.82, 2.24) is 14.9 Å². The fourth-order valence-electron chi connectivity index (χ4n) is 3.47. The van der Waals surface area contributed by atoms with Gasteiger partial charge in [-0.2, -0.15) is 0 Å². The van der Waals surface area contributed by atoms with Crippen molar-refractivity contribution >= 4 is 56.6 Å². The summed E-state index contributed by atoms with van der Waals surface area (Å²) in [6.45, 7) is 3.23. The van der Waals surface area contributed by atoms with E-state index >= 15 is 0 Å². The van der Waals surface area contributed by atoms with Crippen LogP contribution in [0.5, 0.6) is 5.75 Å². The monoisotopic (exact) mass is 665 g/mol. The van der Waals surface area contributed by atoms with Gasteiger partial charge in [0, 0.05) is 33.3 Å². The minimum absolute atomic E-state index is 0.00295. The van der Waals surface area contributed by atoms with Gasteiger partial charge in [0.05, 0.1) is 57.5 Å². The van der Waals surface area contributed by atoms with Gasteiger partial charge in [-0.05, 0) is 61.0 Å². The lowest BCUT2D eigenvalue weighted by atomic mass is 10.1. The lowest BCUT2D eigenvalue weighted by Crippen LogP contribution is -2.15. The van der Waals surface area contributed by atoms with Gasteiger partial charge in [0.15, 0.2) is 0 Å². The largest absolute Gasteiger partial charge is 0.489 e. The van der Waals surface area contributed by atoms with Crippen LogP contribution in [0.3, 0.4) is 0 Å². The van der Waals surface area contributed by atoms with Crippen molar-refractivity contribution in [2.24, 2.45) is 0 Å². The Hall–Kier alpha value is -2.88. The maximum atomic E-state index is 12.7. The number of hydrogen-bond acceptors (Lipinski definition) is 10. The van der Waals surface area contributed by atoms with E-state index in [1.165, 1.54) is 12.4 Å². The van der Waals surface area contributed by atoms with Crippen LogP contribution in [0.2, 0.25) is 0 Å². The van der Waals surface area contributed by atoms with E-state index in [0.29, 0.717) is 69.0 Å². The van der Waals surface area contributed by atoms with E-state index in [0.717, 1.165) is 14.6 Å². The molecule has 0 spiro atoms. The SMILES string of the molecule is CN(C)C/C=C/C(=O)Nc1cc2c(Nc3cccc(I)c3)ncnc2cc1OCCOCCOCCOCCO. The average molecular weight is 666 g/mol. The van der Waals surface area contributed by atoms with E-state index in [9.17, 15) is 4.79 Å². The number of nitrogens with zero attached hydrogens (tertiary/aromatic N) is 3. The lowest BCUT2D eigenvalue weighted by molar-refractivity contribution is -0.111. The van der Waals surface area contributed by atoms with Gasteiger partial charge < -0.3 is 39.6 Å². The summed E-state index contributed by atoms with van der Waals surface area (Å²) in [5, 5.41) is 15.7. The first-order valence-corrected chi connectivity index (χ1v) is 13.9. The first kappa shape index (κ1) is 31.6. The Morgan fingerprint density at radius 3 is 2.42 bits per heavy atom. The molecule has 0 fully saturated rings. The zero-order valence-electron chi connectivity index (χ0n) is 22.8. The Labute approximate surface area is 248 Å². The topological polar surface area (TPSA) is 127 Å². The molecule has 1 amide bonds. The molecule has 0 bridgehead atoms. The molecule has 0 saturated carbocycles. The summed E-state index contributed by atoms with van der Waals surface area (Å²) in [4.78, 5) is 23.5. The van der Waals surface area contributed by atoms with Crippen LogP contribution < -0.4 is 15.4 Å². The Morgan fingerprint density at radius 2 is 1.73 bits per heavy atom. The van der Waals surface area contributed by atoms with E-state index in [-0.39, 0.29) is 19.1 Å². The second-order valence-electron chi connectivity index (χ2n) is 8.79. The summed E-state index contributed by atoms with van der Waals surface area (Å²) in [7, 11) is 3.86. The van der Waals surface area contributed by atoms with Gasteiger partial charge in [0.1, 0.15) is 24.5 Å². The summed E-state index contributed by atoms with van der Waals surface area (Å²) < 4.78 is 23.2. The third kappa shape index (κ3) is 11.3. The average Bonchev–Trinajstić information content (AvgIpc) is 2.92. The predicted octanol–water partition coefficient (Wildman–Crippen LogP) is 3.46. The fourth-order valence-corrected chi connectivity index (χ4v) is 4.01. The number of aliphatic hydroxyl groups is 1. The number of hydrogen-bond donors (Lipinski definition) is 3. The minimum atomic E-state index is -0.272. The molecule has 0 unspecified atom stereocenters. The number of halogens is 1. The summed E-state index contributed by atoms with van der Waals surface area (Å²) >= 11 is 2.26. The Kier molecular flexibility index (Phi) is 14.0. The van der Waals surface area contributed by atoms with Crippen LogP contribution in [0.25, 0.3) is 10.9 Å². The maximum absolute atomic E-state index is 12.7. The first-order chi connectivity index (χ1) is 19.5. The molecule has 216 valence electrons. The third-order valence-electron chi connectivity index (χ3n) is 5.29. The highest BCUT2D eigenvalue weighted by molar-refractivity contribution is 14.1. The minimum Gasteiger partial charge on any atom is -0.489 e. The number of amides is 1. The zero-order valence-corrected chi connectivity index (χ0v) is 24.9. The number of ether oxygens (including phenoxy) is 4. The molecule has 3 rings (SSSR count). The molecule has 3 N–H and O–H groups in total. The van der Waals surface area contributed by atoms with Gasteiger partial charge >= 0.3 is 0 Å². The maximum Gasteiger partial charge on any atom is 0.248 e. The summed E-state index contributed by atoms with van der Waals surface area (Å²) in [5.41, 5.74) is 2.05. The molecule has 1 heterocycles. The molecule has 12 heteroatoms. The van der Waals surface area contributed by atoms with Crippen molar-refractivity contribution in [2.45, 2.75) is 0 Å². The van der Waals surface area contributed by atoms with E-state index in [2.05, 4.69) is 43.2 Å². The molecule has 0 aliphatic carbocycles. The van der Waals surface area contributed by atoms with Crippen molar-refractivity contribution in [3.05, 3.63) is 58.4 Å². The van der Waals surface area contributed by atoms with E-state index < -0.39 is 0 Å². The number of nitrogens with one attached hydrogen (secondary N) is 2. The summed E-state index contributed by atoms with van der Waals surface area (Å²) in [5.74, 6) is 0.815. The van der Waals surface area contributed by atoms with Crippen LogP contribution in [0, 0.1) is 3.57 Å². The number of carbonyl (C=O) groups excluding carboxylic acids is 1. The second-order valence-corrected chi connectivity index (χ2v) is 10.0. The van der Waals surface area contributed by atoms with Crippen molar-refractivity contribution < 1.29 is 28.8 Å². The van der Waals surface area contributed by atoms with Crippen LogP contribution in [-0.4, -0.2) is 99.4 Å². The summed E-state index contributed by atoms with van der Waals surface area (Å²) in [6, 6.07) is 11.5. The van der Waals surface area contributed by atoms with Crippen molar-refractivity contribution in [1.29, 1.82) is 0 Å². The Morgan fingerprint density at radius 1 is 1.00 bits per heavy atom. The van der Waals surface area contributed by atoms with Crippen LogP contribution in [0.15, 0.2) is 54.9 Å². The molecule has 40 heavy (non-hydrogen) atoms. The normalized spacial score (nSPS) is 11.4. The summed E-state index contributed by atoms with van der Waals surface area (Å²) in [6.07, 6.45) is 4.78. The van der Waals surface area contributed by atoms with Gasteiger partial charge in [-0.1, -0.05) is 12.1 Å².